The number of hydrogen-bond acceptors (Lipinski definition) is 0. The average molecular weight is 316 g/mol. The van der Waals surface area contributed by atoms with Crippen LogP contribution in [0.1, 0.15) is 84.8 Å². The van der Waals surface area contributed by atoms with Crippen LogP contribution in [0.25, 0.3) is 0 Å². The Bertz CT molecular complexity index is 555. The van der Waals surface area contributed by atoms with Crippen LogP contribution in [0.5, 0.6) is 0 Å². The Morgan fingerprint density at radius 1 is 0.955 bits per heavy atom. The molecule has 1 saturated heterocycles. The maximum Gasteiger partial charge on any atom is 0.0459 e. The minimum atomic E-state index is 0.0925. The minimum Gasteiger partial charge on any atom is -0.707 e. The Hall–Kier alpha value is -0.810. The van der Waals surface area contributed by atoms with Crippen molar-refractivity contribution >= 4 is 20.0 Å². The third-order valence-corrected chi connectivity index (χ3v) is 5.67. The summed E-state index contributed by atoms with van der Waals surface area (Å²) in [6.45, 7) is 18.5. The van der Waals surface area contributed by atoms with Crippen LogP contribution in [-0.4, -0.2) is 11.0 Å². The molecule has 0 amide bonds. The quantitative estimate of drug-likeness (QED) is 0.576. The summed E-state index contributed by atoms with van der Waals surface area (Å²) in [7, 11) is 4.97. The van der Waals surface area contributed by atoms with Gasteiger partial charge in [-0.25, -0.2) is 0 Å². The molecule has 1 nitrogen and oxygen atoms in total. The Balaban J connectivity index is 2.72. The van der Waals surface area contributed by atoms with Gasteiger partial charge in [-0.05, 0) is 48.6 Å². The van der Waals surface area contributed by atoms with E-state index in [1.807, 2.05) is 0 Å². The first-order chi connectivity index (χ1) is 9.99. The van der Waals surface area contributed by atoms with E-state index in [-0.39, 0.29) is 11.0 Å². The van der Waals surface area contributed by atoms with Gasteiger partial charge in [0.2, 0.25) is 0 Å². The number of rotatable bonds is 3. The zero-order valence-electron chi connectivity index (χ0n) is 15.5. The van der Waals surface area contributed by atoms with E-state index in [1.54, 1.807) is 0 Å². The Morgan fingerprint density at radius 3 is 1.73 bits per heavy atom. The van der Waals surface area contributed by atoms with Crippen LogP contribution in [0.4, 0.5) is 5.69 Å². The molecular formula is C20H31NP-. The lowest BCUT2D eigenvalue weighted by molar-refractivity contribution is 0.405. The number of para-hydroxylation sites is 1. The molecule has 0 saturated carbocycles. The van der Waals surface area contributed by atoms with Crippen molar-refractivity contribution < 1.29 is 0 Å². The zero-order chi connectivity index (χ0) is 16.9. The van der Waals surface area contributed by atoms with E-state index in [4.69, 9.17) is 8.86 Å². The second kappa shape index (κ2) is 5.68. The Labute approximate surface area is 139 Å². The first-order valence-electron chi connectivity index (χ1n) is 8.48. The number of hydrogen-bond donors (Lipinski definition) is 0. The van der Waals surface area contributed by atoms with Gasteiger partial charge in [-0.1, -0.05) is 59.7 Å². The molecule has 0 bridgehead atoms. The van der Waals surface area contributed by atoms with E-state index >= 15 is 0 Å². The normalized spacial score (nSPS) is 20.3. The fourth-order valence-electron chi connectivity index (χ4n) is 4.01. The standard InChI is InChI=1S/C20H31NP/c1-13(2)15-10-9-11-16(14(3)4)17(15)21-18(22)19(5,6)12-20(21,7)8/h9-11,13-14H,12H2,1-8H3/q-1. The summed E-state index contributed by atoms with van der Waals surface area (Å²) in [6, 6.07) is 6.78. The van der Waals surface area contributed by atoms with Gasteiger partial charge in [0.1, 0.15) is 0 Å². The molecule has 0 unspecified atom stereocenters. The van der Waals surface area contributed by atoms with Crippen LogP contribution < -0.4 is 4.90 Å². The van der Waals surface area contributed by atoms with Crippen molar-refractivity contribution in [2.75, 3.05) is 4.90 Å². The predicted molar refractivity (Wildman–Crippen MR) is 102 cm³/mol. The fourth-order valence-corrected chi connectivity index (χ4v) is 4.46. The molecule has 0 N–H and O–H groups in total. The van der Waals surface area contributed by atoms with Crippen LogP contribution in [-0.2, 0) is 0 Å². The summed E-state index contributed by atoms with van der Waals surface area (Å²) in [5.74, 6) is 1.02. The Kier molecular flexibility index (Phi) is 4.53. The molecule has 1 aromatic rings. The van der Waals surface area contributed by atoms with Gasteiger partial charge in [-0.3, -0.25) is 0 Å². The molecule has 0 atom stereocenters. The highest BCUT2D eigenvalue weighted by Crippen LogP contribution is 2.49. The number of benzene rings is 1. The van der Waals surface area contributed by atoms with Crippen molar-refractivity contribution in [3.05, 3.63) is 29.3 Å². The summed E-state index contributed by atoms with van der Waals surface area (Å²) in [4.78, 5) is 2.51. The smallest absolute Gasteiger partial charge is 0.0459 e. The lowest BCUT2D eigenvalue weighted by Gasteiger charge is -2.42. The predicted octanol–water partition coefficient (Wildman–Crippen LogP) is 6.49. The van der Waals surface area contributed by atoms with E-state index in [9.17, 15) is 0 Å². The zero-order valence-corrected chi connectivity index (χ0v) is 16.4. The van der Waals surface area contributed by atoms with Gasteiger partial charge in [-0.2, -0.15) is 5.42 Å². The molecule has 0 spiro atoms. The molecule has 122 valence electrons. The van der Waals surface area contributed by atoms with Gasteiger partial charge in [0.05, 0.1) is 0 Å². The summed E-state index contributed by atoms with van der Waals surface area (Å²) < 4.78 is 0. The van der Waals surface area contributed by atoms with Gasteiger partial charge < -0.3 is 13.8 Å². The third kappa shape index (κ3) is 2.85. The molecule has 1 heterocycles. The van der Waals surface area contributed by atoms with Gasteiger partial charge in [0, 0.05) is 11.2 Å². The lowest BCUT2D eigenvalue weighted by atomic mass is 9.85. The van der Waals surface area contributed by atoms with E-state index in [1.165, 1.54) is 22.2 Å². The lowest BCUT2D eigenvalue weighted by Crippen LogP contribution is -2.42. The monoisotopic (exact) mass is 316 g/mol. The summed E-state index contributed by atoms with van der Waals surface area (Å²) >= 11 is 0. The first kappa shape index (κ1) is 17.5. The molecule has 0 aliphatic carbocycles. The Morgan fingerprint density at radius 2 is 1.41 bits per heavy atom. The van der Waals surface area contributed by atoms with E-state index < -0.39 is 0 Å². The van der Waals surface area contributed by atoms with Crippen LogP contribution >= 0.6 is 8.86 Å². The second-order valence-corrected chi connectivity index (χ2v) is 9.05. The largest absolute Gasteiger partial charge is 0.707 e. The van der Waals surface area contributed by atoms with Crippen molar-refractivity contribution in [3.63, 3.8) is 0 Å². The van der Waals surface area contributed by atoms with E-state index in [2.05, 4.69) is 78.5 Å². The van der Waals surface area contributed by atoms with Crippen LogP contribution in [0.15, 0.2) is 18.2 Å². The SMILES string of the molecule is CC(C)c1cccc(C(C)C)c1N1C(=[P-])C(C)(C)CC1(C)C. The fraction of sp³-hybridized carbons (Fsp3) is 0.650. The second-order valence-electron chi connectivity index (χ2n) is 8.63. The van der Waals surface area contributed by atoms with Crippen molar-refractivity contribution in [2.45, 2.75) is 79.2 Å². The number of nitrogens with zero attached hydrogens (tertiary/aromatic N) is 1. The van der Waals surface area contributed by atoms with Gasteiger partial charge in [0.25, 0.3) is 0 Å². The van der Waals surface area contributed by atoms with Gasteiger partial charge >= 0.3 is 0 Å². The first-order valence-corrected chi connectivity index (χ1v) is 8.93. The van der Waals surface area contributed by atoms with Crippen molar-refractivity contribution in [2.24, 2.45) is 5.41 Å². The molecule has 2 heteroatoms. The minimum absolute atomic E-state index is 0.0925. The van der Waals surface area contributed by atoms with Crippen LogP contribution in [0.2, 0.25) is 0 Å². The van der Waals surface area contributed by atoms with Crippen LogP contribution in [0, 0.1) is 5.41 Å². The summed E-state index contributed by atoms with van der Waals surface area (Å²) in [6.07, 6.45) is 1.13. The molecule has 1 aliphatic rings. The molecule has 1 fully saturated rings. The highest BCUT2D eigenvalue weighted by molar-refractivity contribution is 7.22. The summed E-state index contributed by atoms with van der Waals surface area (Å²) in [5.41, 5.74) is 5.69. The third-order valence-electron chi connectivity index (χ3n) is 4.86. The van der Waals surface area contributed by atoms with Gasteiger partial charge in [-0.15, -0.1) is 0 Å². The van der Waals surface area contributed by atoms with Crippen molar-refractivity contribution in [1.82, 2.24) is 0 Å². The summed E-state index contributed by atoms with van der Waals surface area (Å²) in [5, 5.41) is 0. The van der Waals surface area contributed by atoms with Gasteiger partial charge in [0.15, 0.2) is 0 Å². The highest BCUT2D eigenvalue weighted by Gasteiger charge is 2.43. The number of anilines is 1. The molecule has 0 radical (unpaired) electrons. The van der Waals surface area contributed by atoms with Crippen LogP contribution in [0.3, 0.4) is 0 Å². The average Bonchev–Trinajstić information content (AvgIpc) is 2.52. The maximum absolute atomic E-state index is 4.97. The van der Waals surface area contributed by atoms with E-state index in [0.29, 0.717) is 11.8 Å². The molecule has 1 aliphatic heterocycles. The molecule has 0 aromatic heterocycles. The van der Waals surface area contributed by atoms with Crippen molar-refractivity contribution in [1.29, 1.82) is 0 Å². The molecule has 2 rings (SSSR count). The van der Waals surface area contributed by atoms with E-state index in [0.717, 1.165) is 6.42 Å². The van der Waals surface area contributed by atoms with Crippen molar-refractivity contribution in [3.8, 4) is 0 Å². The molecular weight excluding hydrogens is 285 g/mol. The maximum atomic E-state index is 4.97. The molecule has 1 aromatic carbocycles. The topological polar surface area (TPSA) is 3.24 Å². The highest BCUT2D eigenvalue weighted by atomic mass is 31.0. The molecule has 22 heavy (non-hydrogen) atoms.